The summed E-state index contributed by atoms with van der Waals surface area (Å²) in [6, 6.07) is 5.00. The highest BCUT2D eigenvalue weighted by molar-refractivity contribution is 7.14. The standard InChI is InChI=1S/C12H14N4O2S/c1-8-4-5-10(16(17)18)9(7-8)12-15-14-11(19-12)3-2-6-13/h4-5,7H,2-3,6,13H2,1H3. The van der Waals surface area contributed by atoms with Crippen LogP contribution in [0, 0.1) is 17.0 Å². The summed E-state index contributed by atoms with van der Waals surface area (Å²) in [6.07, 6.45) is 1.60. The summed E-state index contributed by atoms with van der Waals surface area (Å²) >= 11 is 1.38. The molecule has 100 valence electrons. The molecule has 0 amide bonds. The number of benzene rings is 1. The fourth-order valence-corrected chi connectivity index (χ4v) is 2.60. The van der Waals surface area contributed by atoms with E-state index in [0.29, 0.717) is 17.1 Å². The highest BCUT2D eigenvalue weighted by Gasteiger charge is 2.18. The van der Waals surface area contributed by atoms with E-state index in [4.69, 9.17) is 5.73 Å². The molecule has 0 radical (unpaired) electrons. The summed E-state index contributed by atoms with van der Waals surface area (Å²) in [4.78, 5) is 10.6. The molecule has 6 nitrogen and oxygen atoms in total. The predicted molar refractivity (Wildman–Crippen MR) is 74.1 cm³/mol. The second kappa shape index (κ2) is 5.85. The molecule has 19 heavy (non-hydrogen) atoms. The summed E-state index contributed by atoms with van der Waals surface area (Å²) in [7, 11) is 0. The zero-order valence-electron chi connectivity index (χ0n) is 10.5. The first kappa shape index (κ1) is 13.6. The van der Waals surface area contributed by atoms with Crippen molar-refractivity contribution >= 4 is 17.0 Å². The molecule has 0 fully saturated rings. The van der Waals surface area contributed by atoms with Crippen molar-refractivity contribution in [2.45, 2.75) is 19.8 Å². The van der Waals surface area contributed by atoms with E-state index in [0.717, 1.165) is 23.4 Å². The van der Waals surface area contributed by atoms with Crippen LogP contribution >= 0.6 is 11.3 Å². The highest BCUT2D eigenvalue weighted by atomic mass is 32.1. The Balaban J connectivity index is 2.37. The van der Waals surface area contributed by atoms with Crippen LogP contribution in [-0.4, -0.2) is 21.7 Å². The van der Waals surface area contributed by atoms with Crippen molar-refractivity contribution in [3.63, 3.8) is 0 Å². The number of aryl methyl sites for hydroxylation is 2. The molecule has 2 rings (SSSR count). The minimum atomic E-state index is -0.393. The summed E-state index contributed by atoms with van der Waals surface area (Å²) in [5, 5.41) is 20.6. The van der Waals surface area contributed by atoms with Gasteiger partial charge in [-0.25, -0.2) is 0 Å². The number of hydrogen-bond acceptors (Lipinski definition) is 6. The van der Waals surface area contributed by atoms with Crippen molar-refractivity contribution in [3.8, 4) is 10.6 Å². The van der Waals surface area contributed by atoms with Gasteiger partial charge in [-0.05, 0) is 31.5 Å². The maximum atomic E-state index is 11.0. The number of aromatic nitrogens is 2. The number of nitro groups is 1. The average molecular weight is 278 g/mol. The van der Waals surface area contributed by atoms with Gasteiger partial charge in [0.25, 0.3) is 5.69 Å². The zero-order valence-corrected chi connectivity index (χ0v) is 11.3. The van der Waals surface area contributed by atoms with Gasteiger partial charge in [-0.15, -0.1) is 10.2 Å². The first-order chi connectivity index (χ1) is 9.11. The van der Waals surface area contributed by atoms with E-state index in [1.165, 1.54) is 17.4 Å². The molecule has 0 unspecified atom stereocenters. The third-order valence-electron chi connectivity index (χ3n) is 2.64. The SMILES string of the molecule is Cc1ccc([N+](=O)[O-])c(-c2nnc(CCCN)s2)c1. The third-order valence-corrected chi connectivity index (χ3v) is 3.66. The van der Waals surface area contributed by atoms with Gasteiger partial charge < -0.3 is 5.73 Å². The fourth-order valence-electron chi connectivity index (χ4n) is 1.70. The Kier molecular flexibility index (Phi) is 4.18. The minimum absolute atomic E-state index is 0.0622. The van der Waals surface area contributed by atoms with Crippen LogP contribution < -0.4 is 5.73 Å². The van der Waals surface area contributed by atoms with Crippen LogP contribution in [0.5, 0.6) is 0 Å². The highest BCUT2D eigenvalue weighted by Crippen LogP contribution is 2.32. The molecule has 1 aromatic heterocycles. The summed E-state index contributed by atoms with van der Waals surface area (Å²) in [5.41, 5.74) is 6.99. The van der Waals surface area contributed by atoms with Gasteiger partial charge in [0.1, 0.15) is 5.01 Å². The second-order valence-corrected chi connectivity index (χ2v) is 5.23. The molecule has 0 saturated carbocycles. The van der Waals surface area contributed by atoms with E-state index in [2.05, 4.69) is 10.2 Å². The van der Waals surface area contributed by atoms with Gasteiger partial charge in [-0.2, -0.15) is 0 Å². The molecule has 2 N–H and O–H groups in total. The summed E-state index contributed by atoms with van der Waals surface area (Å²) in [6.45, 7) is 2.49. The topological polar surface area (TPSA) is 94.9 Å². The van der Waals surface area contributed by atoms with E-state index in [1.807, 2.05) is 6.92 Å². The molecule has 1 heterocycles. The van der Waals surface area contributed by atoms with E-state index in [9.17, 15) is 10.1 Å². The monoisotopic (exact) mass is 278 g/mol. The predicted octanol–water partition coefficient (Wildman–Crippen LogP) is 2.31. The Morgan fingerprint density at radius 3 is 2.89 bits per heavy atom. The van der Waals surface area contributed by atoms with Gasteiger partial charge in [0.15, 0.2) is 5.01 Å². The van der Waals surface area contributed by atoms with Crippen LogP contribution in [0.4, 0.5) is 5.69 Å². The molecular weight excluding hydrogens is 264 g/mol. The van der Waals surface area contributed by atoms with Gasteiger partial charge in [0.05, 0.1) is 10.5 Å². The molecule has 2 aromatic rings. The number of nitro benzene ring substituents is 1. The van der Waals surface area contributed by atoms with E-state index in [1.54, 1.807) is 12.1 Å². The largest absolute Gasteiger partial charge is 0.330 e. The third kappa shape index (κ3) is 3.12. The van der Waals surface area contributed by atoms with Crippen LogP contribution in [-0.2, 0) is 6.42 Å². The Hall–Kier alpha value is -1.86. The molecule has 0 saturated heterocycles. The van der Waals surface area contributed by atoms with Crippen molar-refractivity contribution in [2.75, 3.05) is 6.54 Å². The Morgan fingerprint density at radius 2 is 2.21 bits per heavy atom. The van der Waals surface area contributed by atoms with Gasteiger partial charge in [-0.1, -0.05) is 17.4 Å². The average Bonchev–Trinajstić information content (AvgIpc) is 2.84. The summed E-state index contributed by atoms with van der Waals surface area (Å²) in [5.74, 6) is 0. The Morgan fingerprint density at radius 1 is 1.42 bits per heavy atom. The summed E-state index contributed by atoms with van der Waals surface area (Å²) < 4.78 is 0. The molecule has 0 bridgehead atoms. The maximum absolute atomic E-state index is 11.0. The molecule has 7 heteroatoms. The number of nitrogens with two attached hydrogens (primary N) is 1. The smallest absolute Gasteiger partial charge is 0.279 e. The molecule has 0 aliphatic carbocycles. The lowest BCUT2D eigenvalue weighted by Gasteiger charge is -2.00. The quantitative estimate of drug-likeness (QED) is 0.669. The Labute approximate surface area is 114 Å². The van der Waals surface area contributed by atoms with Crippen LogP contribution in [0.2, 0.25) is 0 Å². The zero-order chi connectivity index (χ0) is 13.8. The van der Waals surface area contributed by atoms with E-state index < -0.39 is 4.92 Å². The lowest BCUT2D eigenvalue weighted by molar-refractivity contribution is -0.384. The van der Waals surface area contributed by atoms with Crippen LogP contribution in [0.1, 0.15) is 17.0 Å². The molecule has 0 aliphatic heterocycles. The lowest BCUT2D eigenvalue weighted by atomic mass is 10.1. The molecular formula is C12H14N4O2S. The van der Waals surface area contributed by atoms with Crippen LogP contribution in [0.3, 0.4) is 0 Å². The van der Waals surface area contributed by atoms with Crippen molar-refractivity contribution in [1.82, 2.24) is 10.2 Å². The molecule has 0 spiro atoms. The normalized spacial score (nSPS) is 10.6. The van der Waals surface area contributed by atoms with E-state index >= 15 is 0 Å². The fraction of sp³-hybridized carbons (Fsp3) is 0.333. The number of nitrogens with zero attached hydrogens (tertiary/aromatic N) is 3. The van der Waals surface area contributed by atoms with Crippen molar-refractivity contribution in [2.24, 2.45) is 5.73 Å². The maximum Gasteiger partial charge on any atom is 0.279 e. The van der Waals surface area contributed by atoms with Crippen LogP contribution in [0.15, 0.2) is 18.2 Å². The molecule has 0 aliphatic rings. The Bertz CT molecular complexity index is 597. The van der Waals surface area contributed by atoms with E-state index in [-0.39, 0.29) is 5.69 Å². The van der Waals surface area contributed by atoms with Gasteiger partial charge in [0, 0.05) is 12.5 Å². The minimum Gasteiger partial charge on any atom is -0.330 e. The molecule has 1 aromatic carbocycles. The van der Waals surface area contributed by atoms with Gasteiger partial charge in [0.2, 0.25) is 0 Å². The first-order valence-electron chi connectivity index (χ1n) is 5.89. The van der Waals surface area contributed by atoms with Gasteiger partial charge in [-0.3, -0.25) is 10.1 Å². The van der Waals surface area contributed by atoms with Crippen molar-refractivity contribution in [3.05, 3.63) is 38.9 Å². The number of rotatable bonds is 5. The van der Waals surface area contributed by atoms with Crippen molar-refractivity contribution in [1.29, 1.82) is 0 Å². The number of hydrogen-bond donors (Lipinski definition) is 1. The second-order valence-electron chi connectivity index (χ2n) is 4.17. The first-order valence-corrected chi connectivity index (χ1v) is 6.71. The molecule has 0 atom stereocenters. The van der Waals surface area contributed by atoms with Crippen LogP contribution in [0.25, 0.3) is 10.6 Å². The van der Waals surface area contributed by atoms with Gasteiger partial charge >= 0.3 is 0 Å². The lowest BCUT2D eigenvalue weighted by Crippen LogP contribution is -1.99. The van der Waals surface area contributed by atoms with Crippen molar-refractivity contribution < 1.29 is 4.92 Å².